The molecule has 23 aromatic carbocycles. The van der Waals surface area contributed by atoms with Gasteiger partial charge in [0.05, 0.1) is 0 Å². The highest BCUT2D eigenvalue weighted by Gasteiger charge is 2.40. The number of benzene rings is 23. The highest BCUT2D eigenvalue weighted by Crippen LogP contribution is 2.54. The summed E-state index contributed by atoms with van der Waals surface area (Å²) in [5.74, 6) is 0. The Morgan fingerprint density at radius 2 is 0.421 bits per heavy atom. The predicted octanol–water partition coefficient (Wildman–Crippen LogP) is 32.0. The van der Waals surface area contributed by atoms with Crippen molar-refractivity contribution in [2.24, 2.45) is 0 Å². The molecule has 0 aromatic heterocycles. The topological polar surface area (TPSA) is 0 Å². The third-order valence-electron chi connectivity index (χ3n) is 28.4. The minimum atomic E-state index is -2.02. The monoisotopic (exact) mass is 1630 g/mol. The van der Waals surface area contributed by atoms with E-state index in [2.05, 4.69) is 463 Å². The Kier molecular flexibility index (Phi) is 16.8. The van der Waals surface area contributed by atoms with Crippen LogP contribution < -0.4 is 20.7 Å². The largest absolute Gasteiger partial charge is 0.113 e. The summed E-state index contributed by atoms with van der Waals surface area (Å²) in [6, 6.07) is 165. The summed E-state index contributed by atoms with van der Waals surface area (Å²) in [5, 5.41) is 26.9. The van der Waals surface area contributed by atoms with Gasteiger partial charge in [0, 0.05) is 0 Å². The maximum absolute atomic E-state index is 2.61. The molecule has 26 rings (SSSR count). The van der Waals surface area contributed by atoms with E-state index >= 15 is 0 Å². The van der Waals surface area contributed by atoms with Crippen molar-refractivity contribution >= 4 is 123 Å². The zero-order valence-electron chi connectivity index (χ0n) is 70.6. The third-order valence-corrected chi connectivity index (χ3v) is 35.5. The van der Waals surface area contributed by atoms with Crippen LogP contribution in [-0.2, 0) is 0 Å². The number of hydrogen-bond donors (Lipinski definition) is 0. The van der Waals surface area contributed by atoms with Gasteiger partial charge in [-0.25, -0.2) is 0 Å². The maximum Gasteiger partial charge on any atom is 0.113 e. The van der Waals surface area contributed by atoms with E-state index in [0.29, 0.717) is 0 Å². The van der Waals surface area contributed by atoms with E-state index in [1.165, 1.54) is 263 Å². The van der Waals surface area contributed by atoms with Crippen LogP contribution in [0.5, 0.6) is 0 Å². The van der Waals surface area contributed by atoms with Gasteiger partial charge in [0.25, 0.3) is 0 Å². The van der Waals surface area contributed by atoms with Crippen LogP contribution in [0.4, 0.5) is 0 Å². The second kappa shape index (κ2) is 28.7. The first-order valence-corrected chi connectivity index (χ1v) is 50.3. The average Bonchev–Trinajstić information content (AvgIpc) is 1.44. The molecule has 0 saturated carbocycles. The molecular formula is C124H84Si2. The minimum Gasteiger partial charge on any atom is -0.0623 e. The van der Waals surface area contributed by atoms with Crippen LogP contribution >= 0.6 is 0 Å². The molecule has 0 saturated heterocycles. The van der Waals surface area contributed by atoms with Crippen LogP contribution in [0.2, 0.25) is 26.2 Å². The second-order valence-corrected chi connectivity index (χ2v) is 44.6. The van der Waals surface area contributed by atoms with E-state index < -0.39 is 16.1 Å². The zero-order chi connectivity index (χ0) is 83.6. The Balaban J connectivity index is 0.000000137. The summed E-state index contributed by atoms with van der Waals surface area (Å²) in [4.78, 5) is 0. The Labute approximate surface area is 736 Å². The highest BCUT2D eigenvalue weighted by atomic mass is 28.3. The fourth-order valence-electron chi connectivity index (χ4n) is 22.3. The lowest BCUT2D eigenvalue weighted by Crippen LogP contribution is -2.49. The van der Waals surface area contributed by atoms with Crippen LogP contribution in [0.1, 0.15) is 0 Å². The lowest BCUT2D eigenvalue weighted by Gasteiger charge is -2.23. The number of fused-ring (bicyclic) bond motifs is 13. The Bertz CT molecular complexity index is 8390. The van der Waals surface area contributed by atoms with Gasteiger partial charge >= 0.3 is 0 Å². The smallest absolute Gasteiger partial charge is 0.0623 e. The highest BCUT2D eigenvalue weighted by molar-refractivity contribution is 7.04. The molecule has 2 heterocycles. The van der Waals surface area contributed by atoms with E-state index in [1.54, 1.807) is 0 Å². The minimum absolute atomic E-state index is 1.22. The summed E-state index contributed by atoms with van der Waals surface area (Å²) in [6.07, 6.45) is 0. The summed E-state index contributed by atoms with van der Waals surface area (Å²) in [7, 11) is -4.03. The first kappa shape index (κ1) is 73.5. The van der Waals surface area contributed by atoms with Gasteiger partial charge in [0.15, 0.2) is 0 Å². The van der Waals surface area contributed by atoms with Crippen LogP contribution in [0.15, 0.2) is 437 Å². The van der Waals surface area contributed by atoms with Gasteiger partial charge in [-0.05, 0) is 293 Å². The van der Waals surface area contributed by atoms with Gasteiger partial charge in [-0.3, -0.25) is 0 Å². The van der Waals surface area contributed by atoms with Crippen LogP contribution in [0, 0.1) is 0 Å². The van der Waals surface area contributed by atoms with Crippen LogP contribution in [0.3, 0.4) is 0 Å². The van der Waals surface area contributed by atoms with Gasteiger partial charge in [-0.15, -0.1) is 0 Å². The molecule has 0 amide bonds. The SMILES string of the molecule is C[Si]1(C)c2ccccc2-c2cc3c(-c4ccc(-c5ccccc5)cc4)c4ccc(-c5cc6cccc7ccc8cccc5c8c76)cc4c(-c4ccc(-c5ccccc5)cc4)c3cc21.C[Si]1(C)c2ccccc2-c2cc3c(-c4ccc(-c5ccccc5)cc4)c4ccc(-c5ccc6c7c(cccc57)-c5ccccc5-6)cc4c(-c4ccc(-c5ccccc5)cc4)c3cc21. The summed E-state index contributed by atoms with van der Waals surface area (Å²) in [5.41, 5.74) is 35.8. The van der Waals surface area contributed by atoms with Crippen LogP contribution in [0.25, 0.3) is 242 Å². The average molecular weight is 1630 g/mol. The zero-order valence-corrected chi connectivity index (χ0v) is 72.6. The van der Waals surface area contributed by atoms with Gasteiger partial charge < -0.3 is 0 Å². The number of hydrogen-bond acceptors (Lipinski definition) is 0. The van der Waals surface area contributed by atoms with E-state index in [0.717, 1.165) is 0 Å². The van der Waals surface area contributed by atoms with E-state index in [-0.39, 0.29) is 0 Å². The summed E-state index contributed by atoms with van der Waals surface area (Å²) in [6.45, 7) is 10.1. The molecule has 3 aliphatic rings. The molecule has 0 fully saturated rings. The first-order chi connectivity index (χ1) is 62.0. The van der Waals surface area contributed by atoms with E-state index in [4.69, 9.17) is 0 Å². The molecule has 0 radical (unpaired) electrons. The van der Waals surface area contributed by atoms with Crippen molar-refractivity contribution in [3.8, 4) is 156 Å². The Morgan fingerprint density at radius 1 is 0.127 bits per heavy atom. The molecular weight excluding hydrogens is 1550 g/mol. The van der Waals surface area contributed by atoms with Gasteiger partial charge in [-0.2, -0.15) is 0 Å². The molecule has 0 N–H and O–H groups in total. The molecule has 126 heavy (non-hydrogen) atoms. The Hall–Kier alpha value is -15.2. The van der Waals surface area contributed by atoms with Gasteiger partial charge in [-0.1, -0.05) is 433 Å². The molecule has 588 valence electrons. The summed E-state index contributed by atoms with van der Waals surface area (Å²) >= 11 is 0. The molecule has 2 aliphatic heterocycles. The van der Waals surface area contributed by atoms with Crippen molar-refractivity contribution in [2.45, 2.75) is 26.2 Å². The molecule has 0 unspecified atom stereocenters. The molecule has 0 nitrogen and oxygen atoms in total. The predicted molar refractivity (Wildman–Crippen MR) is 547 cm³/mol. The number of rotatable bonds is 10. The standard InChI is InChI=1S/2C62H42Si/c1-63(2)57-22-10-9-20-49(57)53-37-55-56(38-58(53)63)61(46-29-25-42(26-30-46)40-15-7-4-8-16-40)54-35-47(33-34-51(54)60(55)45-27-23-41(24-28-45)39-13-5-3-6-14-39)52-36-48-19-11-17-43-31-32-44-18-12-21-50(52)62(44)59(43)48;1-63(2)58-23-12-11-20-49(58)54-37-56-57(38-59(54)63)61(44-30-26-42(27-31-44)40-16-7-4-8-17-40)55-36-45(32-33-53(55)60(56)43-28-24-41(25-29-43)39-14-5-3-6-15-39)46-34-35-52-48-19-10-9-18-47(48)51-22-13-21-50(46)62(51)52/h2*3-38H,1-2H3. The molecule has 0 spiro atoms. The van der Waals surface area contributed by atoms with Crippen molar-refractivity contribution < 1.29 is 0 Å². The summed E-state index contributed by atoms with van der Waals surface area (Å²) < 4.78 is 0. The quantitative estimate of drug-likeness (QED) is 0.0727. The van der Waals surface area contributed by atoms with Crippen molar-refractivity contribution in [1.29, 1.82) is 0 Å². The third kappa shape index (κ3) is 11.5. The fourth-order valence-corrected chi connectivity index (χ4v) is 28.5. The van der Waals surface area contributed by atoms with Crippen molar-refractivity contribution in [3.63, 3.8) is 0 Å². The first-order valence-electron chi connectivity index (χ1n) is 44.3. The molecule has 2 heteroatoms. The van der Waals surface area contributed by atoms with Gasteiger partial charge in [0.1, 0.15) is 16.1 Å². The molecule has 23 aromatic rings. The van der Waals surface area contributed by atoms with Crippen molar-refractivity contribution in [3.05, 3.63) is 437 Å². The fraction of sp³-hybridized carbons (Fsp3) is 0.0323. The lowest BCUT2D eigenvalue weighted by molar-refractivity contribution is 1.60. The molecule has 1 aliphatic carbocycles. The molecule has 0 bridgehead atoms. The second-order valence-electron chi connectivity index (χ2n) is 35.9. The van der Waals surface area contributed by atoms with Crippen molar-refractivity contribution in [1.82, 2.24) is 0 Å². The van der Waals surface area contributed by atoms with Gasteiger partial charge in [0.2, 0.25) is 0 Å². The lowest BCUT2D eigenvalue weighted by atomic mass is 9.82. The van der Waals surface area contributed by atoms with E-state index in [9.17, 15) is 0 Å². The van der Waals surface area contributed by atoms with Crippen molar-refractivity contribution in [2.75, 3.05) is 0 Å². The normalized spacial score (nSPS) is 13.0. The molecule has 0 atom stereocenters. The van der Waals surface area contributed by atoms with E-state index in [1.807, 2.05) is 0 Å². The Morgan fingerprint density at radius 3 is 0.857 bits per heavy atom. The van der Waals surface area contributed by atoms with Crippen LogP contribution in [-0.4, -0.2) is 16.1 Å². The maximum atomic E-state index is 2.61.